The van der Waals surface area contributed by atoms with E-state index in [1.54, 1.807) is 18.2 Å². The summed E-state index contributed by atoms with van der Waals surface area (Å²) in [5, 5.41) is 14.8. The molecule has 2 aliphatic rings. The number of hydrogen-bond donors (Lipinski definition) is 3. The van der Waals surface area contributed by atoms with Gasteiger partial charge in [-0.2, -0.15) is 0 Å². The number of aliphatic carboxylic acids is 1. The number of benzene rings is 1. The second-order valence-electron chi connectivity index (χ2n) is 7.77. The number of nitrogens with one attached hydrogen (secondary N) is 2. The van der Waals surface area contributed by atoms with Crippen LogP contribution >= 0.6 is 0 Å². The van der Waals surface area contributed by atoms with Crippen molar-refractivity contribution in [3.05, 3.63) is 29.3 Å². The van der Waals surface area contributed by atoms with Gasteiger partial charge in [-0.25, -0.2) is 4.79 Å². The Morgan fingerprint density at radius 2 is 1.93 bits per heavy atom. The molecule has 0 radical (unpaired) electrons. The molecule has 1 aromatic rings. The largest absolute Gasteiger partial charge is 0.480 e. The molecule has 3 N–H and O–H groups in total. The molecule has 2 aliphatic carbocycles. The number of carboxylic acid groups (broad SMARTS) is 1. The van der Waals surface area contributed by atoms with E-state index in [9.17, 15) is 14.4 Å². The van der Waals surface area contributed by atoms with Gasteiger partial charge in [0.25, 0.3) is 0 Å². The summed E-state index contributed by atoms with van der Waals surface area (Å²) < 4.78 is 0. The number of nitrogens with zero attached hydrogens (tertiary/aromatic N) is 1. The van der Waals surface area contributed by atoms with Crippen LogP contribution in [0.25, 0.3) is 0 Å². The number of carboxylic acids is 1. The lowest BCUT2D eigenvalue weighted by molar-refractivity contribution is -0.139. The Balaban J connectivity index is 1.46. The number of carbonyl (C=O) groups excluding carboxylic acids is 2. The topological polar surface area (TPSA) is 98.7 Å². The zero-order valence-electron chi connectivity index (χ0n) is 15.8. The lowest BCUT2D eigenvalue weighted by atomic mass is 9.85. The van der Waals surface area contributed by atoms with E-state index in [0.29, 0.717) is 17.2 Å². The number of ketones is 1. The molecule has 0 spiro atoms. The maximum Gasteiger partial charge on any atom is 0.319 e. The zero-order valence-corrected chi connectivity index (χ0v) is 15.8. The van der Waals surface area contributed by atoms with E-state index >= 15 is 0 Å². The van der Waals surface area contributed by atoms with Crippen LogP contribution in [0.5, 0.6) is 0 Å². The van der Waals surface area contributed by atoms with E-state index < -0.39 is 5.97 Å². The highest BCUT2D eigenvalue weighted by Crippen LogP contribution is 2.33. The average Bonchev–Trinajstić information content (AvgIpc) is 3.33. The van der Waals surface area contributed by atoms with Gasteiger partial charge in [0.1, 0.15) is 0 Å². The number of carbonyl (C=O) groups is 3. The van der Waals surface area contributed by atoms with Crippen molar-refractivity contribution in [1.29, 1.82) is 0 Å². The molecule has 2 saturated carbocycles. The molecule has 0 aliphatic heterocycles. The zero-order chi connectivity index (χ0) is 19.6. The fourth-order valence-corrected chi connectivity index (χ4v) is 3.64. The van der Waals surface area contributed by atoms with Crippen molar-refractivity contribution in [3.63, 3.8) is 0 Å². The monoisotopic (exact) mass is 373 g/mol. The minimum atomic E-state index is -0.797. The fourth-order valence-electron chi connectivity index (χ4n) is 3.64. The van der Waals surface area contributed by atoms with Gasteiger partial charge >= 0.3 is 12.0 Å². The Hall–Kier alpha value is -2.41. The molecule has 2 fully saturated rings. The van der Waals surface area contributed by atoms with Crippen LogP contribution in [0.15, 0.2) is 18.2 Å². The molecule has 0 aromatic heterocycles. The first-order chi connectivity index (χ1) is 12.8. The molecule has 3 rings (SSSR count). The second kappa shape index (κ2) is 8.08. The standard InChI is InChI=1S/C20H27N3O4/c1-12-7-15(5-6-18(12)13(2)24)21-20(27)22-16-8-17(9-16)23(11-19(25)26)10-14-3-4-14/h5-7,14,16-17H,3-4,8-11H2,1-2H3,(H,25,26)(H2,21,22,27). The van der Waals surface area contributed by atoms with Gasteiger partial charge in [-0.3, -0.25) is 14.5 Å². The molecule has 27 heavy (non-hydrogen) atoms. The highest BCUT2D eigenvalue weighted by Gasteiger charge is 2.37. The molecule has 0 heterocycles. The van der Waals surface area contributed by atoms with Gasteiger partial charge in [-0.05, 0) is 69.2 Å². The van der Waals surface area contributed by atoms with E-state index in [2.05, 4.69) is 10.6 Å². The van der Waals surface area contributed by atoms with E-state index in [1.807, 2.05) is 11.8 Å². The number of hydrogen-bond acceptors (Lipinski definition) is 4. The van der Waals surface area contributed by atoms with Crippen LogP contribution in [0.3, 0.4) is 0 Å². The van der Waals surface area contributed by atoms with Crippen LogP contribution in [-0.2, 0) is 4.79 Å². The Kier molecular flexibility index (Phi) is 5.79. The lowest BCUT2D eigenvalue weighted by Gasteiger charge is -2.42. The van der Waals surface area contributed by atoms with Crippen LogP contribution in [-0.4, -0.2) is 53.0 Å². The van der Waals surface area contributed by atoms with E-state index in [-0.39, 0.29) is 30.4 Å². The van der Waals surface area contributed by atoms with Gasteiger partial charge in [-0.15, -0.1) is 0 Å². The van der Waals surface area contributed by atoms with E-state index in [0.717, 1.165) is 24.9 Å². The Morgan fingerprint density at radius 1 is 1.22 bits per heavy atom. The summed E-state index contributed by atoms with van der Waals surface area (Å²) in [6.45, 7) is 4.28. The van der Waals surface area contributed by atoms with Crippen LogP contribution in [0.2, 0.25) is 0 Å². The molecule has 7 nitrogen and oxygen atoms in total. The highest BCUT2D eigenvalue weighted by atomic mass is 16.4. The number of Topliss-reactive ketones (excluding diaryl/α,β-unsaturated/α-hetero) is 1. The second-order valence-corrected chi connectivity index (χ2v) is 7.77. The Labute approximate surface area is 159 Å². The molecule has 1 aromatic carbocycles. The van der Waals surface area contributed by atoms with Crippen LogP contribution < -0.4 is 10.6 Å². The maximum atomic E-state index is 12.2. The molecule has 0 saturated heterocycles. The third kappa shape index (κ3) is 5.29. The van der Waals surface area contributed by atoms with Gasteiger partial charge in [0, 0.05) is 29.9 Å². The first-order valence-electron chi connectivity index (χ1n) is 9.46. The molecule has 0 unspecified atom stereocenters. The molecular weight excluding hydrogens is 346 g/mol. The van der Waals surface area contributed by atoms with Crippen molar-refractivity contribution in [3.8, 4) is 0 Å². The van der Waals surface area contributed by atoms with Gasteiger partial charge in [-0.1, -0.05) is 0 Å². The molecule has 146 valence electrons. The fraction of sp³-hybridized carbons (Fsp3) is 0.550. The number of urea groups is 1. The summed E-state index contributed by atoms with van der Waals surface area (Å²) in [4.78, 5) is 36.8. The van der Waals surface area contributed by atoms with Crippen LogP contribution in [0.4, 0.5) is 10.5 Å². The molecule has 0 atom stereocenters. The van der Waals surface area contributed by atoms with Crippen molar-refractivity contribution < 1.29 is 19.5 Å². The number of rotatable bonds is 8. The number of aryl methyl sites for hydroxylation is 1. The van der Waals surface area contributed by atoms with E-state index in [4.69, 9.17) is 5.11 Å². The van der Waals surface area contributed by atoms with Gasteiger partial charge in [0.2, 0.25) is 0 Å². The number of anilines is 1. The summed E-state index contributed by atoms with van der Waals surface area (Å²) >= 11 is 0. The summed E-state index contributed by atoms with van der Waals surface area (Å²) in [6, 6.07) is 5.22. The summed E-state index contributed by atoms with van der Waals surface area (Å²) in [6.07, 6.45) is 3.93. The van der Waals surface area contributed by atoms with Crippen molar-refractivity contribution in [2.24, 2.45) is 5.92 Å². The van der Waals surface area contributed by atoms with Crippen molar-refractivity contribution in [2.75, 3.05) is 18.4 Å². The van der Waals surface area contributed by atoms with Crippen LogP contribution in [0.1, 0.15) is 48.5 Å². The summed E-state index contributed by atoms with van der Waals surface area (Å²) in [7, 11) is 0. The molecule has 0 bridgehead atoms. The molecule has 7 heteroatoms. The molecular formula is C20H27N3O4. The predicted octanol–water partition coefficient (Wildman–Crippen LogP) is 2.65. The first-order valence-corrected chi connectivity index (χ1v) is 9.46. The number of amides is 2. The van der Waals surface area contributed by atoms with Crippen molar-refractivity contribution >= 4 is 23.5 Å². The smallest absolute Gasteiger partial charge is 0.319 e. The normalized spacial score (nSPS) is 21.4. The van der Waals surface area contributed by atoms with Gasteiger partial charge in [0.15, 0.2) is 5.78 Å². The Morgan fingerprint density at radius 3 is 2.48 bits per heavy atom. The third-order valence-corrected chi connectivity index (χ3v) is 5.36. The van der Waals surface area contributed by atoms with Crippen LogP contribution in [0, 0.1) is 12.8 Å². The van der Waals surface area contributed by atoms with Gasteiger partial charge < -0.3 is 15.7 Å². The quantitative estimate of drug-likeness (QED) is 0.609. The third-order valence-electron chi connectivity index (χ3n) is 5.36. The minimum Gasteiger partial charge on any atom is -0.480 e. The van der Waals surface area contributed by atoms with Crippen molar-refractivity contribution in [1.82, 2.24) is 10.2 Å². The predicted molar refractivity (Wildman–Crippen MR) is 102 cm³/mol. The molecule has 2 amide bonds. The Bertz CT molecular complexity index is 739. The minimum absolute atomic E-state index is 0.00104. The highest BCUT2D eigenvalue weighted by molar-refractivity contribution is 5.97. The SMILES string of the molecule is CC(=O)c1ccc(NC(=O)NC2CC(N(CC(=O)O)CC3CC3)C2)cc1C. The summed E-state index contributed by atoms with van der Waals surface area (Å²) in [5.74, 6) is -0.156. The van der Waals surface area contributed by atoms with Crippen molar-refractivity contribution in [2.45, 2.75) is 51.6 Å². The maximum absolute atomic E-state index is 12.2. The van der Waals surface area contributed by atoms with E-state index in [1.165, 1.54) is 19.8 Å². The first kappa shape index (κ1) is 19.4. The summed E-state index contributed by atoms with van der Waals surface area (Å²) in [5.41, 5.74) is 2.12. The average molecular weight is 373 g/mol. The lowest BCUT2D eigenvalue weighted by Crippen LogP contribution is -2.55. The van der Waals surface area contributed by atoms with Gasteiger partial charge in [0.05, 0.1) is 6.54 Å².